The number of carbonyl (C=O) groups is 2. The van der Waals surface area contributed by atoms with Gasteiger partial charge in [-0.05, 0) is 38.6 Å². The number of piperidine rings is 2. The van der Waals surface area contributed by atoms with E-state index in [-0.39, 0.29) is 36.6 Å². The fourth-order valence-electron chi connectivity index (χ4n) is 3.72. The number of amides is 2. The van der Waals surface area contributed by atoms with Crippen molar-refractivity contribution in [2.75, 3.05) is 33.2 Å². The molecule has 2 saturated heterocycles. The third-order valence-corrected chi connectivity index (χ3v) is 5.25. The smallest absolute Gasteiger partial charge is 0.242 e. The molecule has 3 N–H and O–H groups in total. The molecule has 2 heterocycles. The number of nitrogens with two attached hydrogens (primary N) is 1. The van der Waals surface area contributed by atoms with Crippen molar-refractivity contribution in [1.29, 1.82) is 0 Å². The summed E-state index contributed by atoms with van der Waals surface area (Å²) in [5, 5.41) is 3.11. The van der Waals surface area contributed by atoms with Crippen LogP contribution in [-0.2, 0) is 9.59 Å². The maximum Gasteiger partial charge on any atom is 0.242 e. The summed E-state index contributed by atoms with van der Waals surface area (Å²) in [6.07, 6.45) is 4.05. The Morgan fingerprint density at radius 2 is 2.04 bits per heavy atom. The molecule has 0 aromatic heterocycles. The molecule has 3 rings (SSSR count). The largest absolute Gasteiger partial charge is 0.341 e. The molecule has 1 aliphatic carbocycles. The lowest BCUT2D eigenvalue weighted by Gasteiger charge is -2.47. The van der Waals surface area contributed by atoms with Gasteiger partial charge in [0.2, 0.25) is 11.8 Å². The van der Waals surface area contributed by atoms with Crippen LogP contribution in [0.2, 0.25) is 0 Å². The summed E-state index contributed by atoms with van der Waals surface area (Å²) < 4.78 is 0. The zero-order valence-corrected chi connectivity index (χ0v) is 15.3. The van der Waals surface area contributed by atoms with E-state index in [1.54, 1.807) is 0 Å². The van der Waals surface area contributed by atoms with Gasteiger partial charge in [-0.2, -0.15) is 0 Å². The molecule has 6 nitrogen and oxygen atoms in total. The second-order valence-corrected chi connectivity index (χ2v) is 6.75. The van der Waals surface area contributed by atoms with Gasteiger partial charge < -0.3 is 20.9 Å². The molecule has 2 atom stereocenters. The zero-order valence-electron chi connectivity index (χ0n) is 13.6. The Bertz CT molecular complexity index is 445. The number of nitrogens with zero attached hydrogens (tertiary/aromatic N) is 2. The quantitative estimate of drug-likeness (QED) is 0.753. The summed E-state index contributed by atoms with van der Waals surface area (Å²) >= 11 is 0. The van der Waals surface area contributed by atoms with Gasteiger partial charge in [-0.3, -0.25) is 9.59 Å². The predicted octanol–water partition coefficient (Wildman–Crippen LogP) is 0.380. The van der Waals surface area contributed by atoms with Crippen molar-refractivity contribution in [3.63, 3.8) is 0 Å². The molecule has 1 saturated carbocycles. The van der Waals surface area contributed by atoms with Crippen molar-refractivity contribution in [2.45, 2.75) is 43.7 Å². The number of nitrogens with one attached hydrogen (secondary N) is 1. The summed E-state index contributed by atoms with van der Waals surface area (Å²) in [6, 6.07) is 0.302. The molecule has 8 heteroatoms. The van der Waals surface area contributed by atoms with E-state index in [2.05, 4.69) is 5.32 Å². The highest BCUT2D eigenvalue weighted by molar-refractivity contribution is 5.89. The lowest BCUT2D eigenvalue weighted by atomic mass is 9.83. The molecular formula is C15H28Cl2N4O2. The van der Waals surface area contributed by atoms with Gasteiger partial charge in [0.25, 0.3) is 0 Å². The average Bonchev–Trinajstić information content (AvgIpc) is 3.24. The van der Waals surface area contributed by atoms with Crippen LogP contribution in [0.5, 0.6) is 0 Å². The topological polar surface area (TPSA) is 78.7 Å². The van der Waals surface area contributed by atoms with Crippen LogP contribution < -0.4 is 11.1 Å². The Balaban J connectivity index is 0.00000132. The van der Waals surface area contributed by atoms with Crippen LogP contribution in [-0.4, -0.2) is 66.4 Å². The van der Waals surface area contributed by atoms with Gasteiger partial charge in [0, 0.05) is 38.6 Å². The van der Waals surface area contributed by atoms with Crippen LogP contribution in [0, 0.1) is 5.92 Å². The van der Waals surface area contributed by atoms with Crippen molar-refractivity contribution in [3.05, 3.63) is 0 Å². The minimum atomic E-state index is -0.566. The highest BCUT2D eigenvalue weighted by Gasteiger charge is 2.50. The molecule has 23 heavy (non-hydrogen) atoms. The summed E-state index contributed by atoms with van der Waals surface area (Å²) in [4.78, 5) is 28.5. The Kier molecular flexibility index (Phi) is 7.13. The van der Waals surface area contributed by atoms with Crippen LogP contribution in [0.15, 0.2) is 0 Å². The molecule has 0 aromatic rings. The van der Waals surface area contributed by atoms with Crippen LogP contribution >= 0.6 is 24.8 Å². The molecule has 134 valence electrons. The van der Waals surface area contributed by atoms with Gasteiger partial charge in [-0.15, -0.1) is 24.8 Å². The van der Waals surface area contributed by atoms with Gasteiger partial charge in [0.05, 0.1) is 5.54 Å². The Morgan fingerprint density at radius 3 is 2.65 bits per heavy atom. The van der Waals surface area contributed by atoms with Crippen LogP contribution in [0.1, 0.15) is 32.1 Å². The van der Waals surface area contributed by atoms with E-state index in [4.69, 9.17) is 5.73 Å². The van der Waals surface area contributed by atoms with Crippen molar-refractivity contribution < 1.29 is 9.59 Å². The minimum absolute atomic E-state index is 0. The first kappa shape index (κ1) is 20.5. The van der Waals surface area contributed by atoms with Gasteiger partial charge in [0.15, 0.2) is 0 Å². The van der Waals surface area contributed by atoms with E-state index >= 15 is 0 Å². The Labute approximate surface area is 150 Å². The number of halogens is 2. The molecule has 3 aliphatic rings. The third-order valence-electron chi connectivity index (χ3n) is 5.25. The molecule has 2 aliphatic heterocycles. The number of rotatable bonds is 4. The maximum atomic E-state index is 12.4. The molecule has 3 fully saturated rings. The van der Waals surface area contributed by atoms with E-state index < -0.39 is 5.54 Å². The number of carbonyl (C=O) groups excluding carboxylic acids is 2. The van der Waals surface area contributed by atoms with Gasteiger partial charge in [-0.1, -0.05) is 0 Å². The molecule has 0 aromatic carbocycles. The first-order valence-corrected chi connectivity index (χ1v) is 8.07. The van der Waals surface area contributed by atoms with Gasteiger partial charge in [-0.25, -0.2) is 0 Å². The molecule has 0 spiro atoms. The van der Waals surface area contributed by atoms with Crippen LogP contribution in [0.3, 0.4) is 0 Å². The van der Waals surface area contributed by atoms with Crippen molar-refractivity contribution in [1.82, 2.24) is 15.1 Å². The normalized spacial score (nSPS) is 28.3. The molecule has 0 unspecified atom stereocenters. The Hall–Kier alpha value is -0.560. The number of fused-ring (bicyclic) bond motifs is 1. The number of hydrogen-bond acceptors (Lipinski definition) is 4. The molecule has 0 radical (unpaired) electrons. The van der Waals surface area contributed by atoms with Crippen molar-refractivity contribution >= 4 is 36.6 Å². The standard InChI is InChI=1S/C15H26N4O2.2ClH/c1-17-7-9-19-12-4-8-18(14(21)15(16)5-6-15)10-11(12)2-3-13(19)20;;/h11-12,17H,2-10,16H2,1H3;2*1H/t11-,12+;;/m0../s1. The molecular weight excluding hydrogens is 339 g/mol. The highest BCUT2D eigenvalue weighted by Crippen LogP contribution is 2.37. The lowest BCUT2D eigenvalue weighted by Crippen LogP contribution is -2.59. The maximum absolute atomic E-state index is 12.4. The predicted molar refractivity (Wildman–Crippen MR) is 94.0 cm³/mol. The minimum Gasteiger partial charge on any atom is -0.341 e. The van der Waals surface area contributed by atoms with Crippen LogP contribution in [0.4, 0.5) is 0 Å². The second-order valence-electron chi connectivity index (χ2n) is 6.75. The SMILES string of the molecule is CNCCN1C(=O)CC[C@H]2CN(C(=O)C3(N)CC3)CC[C@H]21.Cl.Cl. The zero-order chi connectivity index (χ0) is 15.0. The van der Waals surface area contributed by atoms with E-state index in [0.717, 1.165) is 51.9 Å². The highest BCUT2D eigenvalue weighted by atomic mass is 35.5. The van der Waals surface area contributed by atoms with E-state index in [1.165, 1.54) is 0 Å². The number of hydrogen-bond donors (Lipinski definition) is 2. The molecule has 0 bridgehead atoms. The average molecular weight is 367 g/mol. The summed E-state index contributed by atoms with van der Waals surface area (Å²) in [6.45, 7) is 3.10. The van der Waals surface area contributed by atoms with E-state index in [0.29, 0.717) is 18.4 Å². The first-order valence-electron chi connectivity index (χ1n) is 8.07. The van der Waals surface area contributed by atoms with Crippen molar-refractivity contribution in [2.24, 2.45) is 11.7 Å². The Morgan fingerprint density at radius 1 is 1.35 bits per heavy atom. The summed E-state index contributed by atoms with van der Waals surface area (Å²) in [7, 11) is 1.91. The summed E-state index contributed by atoms with van der Waals surface area (Å²) in [5.74, 6) is 0.808. The third kappa shape index (κ3) is 4.10. The monoisotopic (exact) mass is 366 g/mol. The molecule has 2 amide bonds. The van der Waals surface area contributed by atoms with Crippen LogP contribution in [0.25, 0.3) is 0 Å². The van der Waals surface area contributed by atoms with Crippen molar-refractivity contribution in [3.8, 4) is 0 Å². The lowest BCUT2D eigenvalue weighted by molar-refractivity contribution is -0.145. The number of likely N-dealkylation sites (tertiary alicyclic amines) is 2. The first-order chi connectivity index (χ1) is 10.0. The van der Waals surface area contributed by atoms with E-state index in [1.807, 2.05) is 16.8 Å². The fraction of sp³-hybridized carbons (Fsp3) is 0.867. The van der Waals surface area contributed by atoms with Gasteiger partial charge >= 0.3 is 0 Å². The second kappa shape index (κ2) is 8.01. The summed E-state index contributed by atoms with van der Waals surface area (Å²) in [5.41, 5.74) is 5.47. The van der Waals surface area contributed by atoms with E-state index in [9.17, 15) is 9.59 Å². The van der Waals surface area contributed by atoms with Gasteiger partial charge in [0.1, 0.15) is 0 Å². The fourth-order valence-corrected chi connectivity index (χ4v) is 3.72. The number of likely N-dealkylation sites (N-methyl/N-ethyl adjacent to an activating group) is 1.